The van der Waals surface area contributed by atoms with Crippen LogP contribution in [0.1, 0.15) is 12.8 Å². The lowest BCUT2D eigenvalue weighted by Crippen LogP contribution is -2.30. The third-order valence-electron chi connectivity index (χ3n) is 2.39. The van der Waals surface area contributed by atoms with Gasteiger partial charge in [-0.2, -0.15) is 0 Å². The second kappa shape index (κ2) is 5.79. The minimum absolute atomic E-state index is 0.0308. The van der Waals surface area contributed by atoms with Crippen molar-refractivity contribution in [3.8, 4) is 0 Å². The van der Waals surface area contributed by atoms with Crippen molar-refractivity contribution < 1.29 is 18.3 Å². The van der Waals surface area contributed by atoms with E-state index in [-0.39, 0.29) is 17.9 Å². The van der Waals surface area contributed by atoms with Crippen molar-refractivity contribution >= 4 is 15.8 Å². The topological polar surface area (TPSA) is 97.5 Å². The molecule has 3 N–H and O–H groups in total. The Morgan fingerprint density at radius 2 is 1.88 bits per heavy atom. The highest BCUT2D eigenvalue weighted by Gasteiger charge is 2.33. The molecule has 0 saturated heterocycles. The van der Waals surface area contributed by atoms with Crippen LogP contribution in [0.4, 0.5) is 0 Å². The fourth-order valence-corrected chi connectivity index (χ4v) is 3.10. The molecule has 0 aromatic heterocycles. The van der Waals surface area contributed by atoms with E-state index in [1.165, 1.54) is 12.1 Å². The highest BCUT2D eigenvalue weighted by atomic mass is 32.2. The third-order valence-corrected chi connectivity index (χ3v) is 4.51. The van der Waals surface area contributed by atoms with Gasteiger partial charge in [0.15, 0.2) is 15.1 Å². The van der Waals surface area contributed by atoms with E-state index in [2.05, 4.69) is 0 Å². The number of carboxylic acid groups (broad SMARTS) is 1. The van der Waals surface area contributed by atoms with Gasteiger partial charge in [-0.05, 0) is 31.5 Å². The first-order chi connectivity index (χ1) is 8.00. The number of carboxylic acids is 1. The lowest BCUT2D eigenvalue weighted by molar-refractivity contribution is -0.136. The quantitative estimate of drug-likeness (QED) is 0.780. The van der Waals surface area contributed by atoms with Crippen LogP contribution in [0.2, 0.25) is 0 Å². The van der Waals surface area contributed by atoms with E-state index in [1.807, 2.05) is 0 Å². The van der Waals surface area contributed by atoms with Crippen LogP contribution in [0.3, 0.4) is 0 Å². The minimum Gasteiger partial charge on any atom is -0.480 e. The summed E-state index contributed by atoms with van der Waals surface area (Å²) in [7, 11) is -3.83. The zero-order chi connectivity index (χ0) is 12.9. The van der Waals surface area contributed by atoms with Crippen molar-refractivity contribution in [1.82, 2.24) is 0 Å². The van der Waals surface area contributed by atoms with Crippen LogP contribution in [0.15, 0.2) is 35.2 Å². The second-order valence-corrected chi connectivity index (χ2v) is 5.75. The number of benzene rings is 1. The average Bonchev–Trinajstić information content (AvgIpc) is 2.30. The number of carbonyl (C=O) groups is 1. The van der Waals surface area contributed by atoms with Gasteiger partial charge < -0.3 is 10.8 Å². The molecule has 0 bridgehead atoms. The summed E-state index contributed by atoms with van der Waals surface area (Å²) in [5.74, 6) is -1.33. The first kappa shape index (κ1) is 13.7. The molecular formula is C11H15NO4S. The van der Waals surface area contributed by atoms with Crippen LogP contribution < -0.4 is 5.73 Å². The summed E-state index contributed by atoms with van der Waals surface area (Å²) in [4.78, 5) is 11.0. The third kappa shape index (κ3) is 3.28. The Kier molecular flexibility index (Phi) is 4.65. The lowest BCUT2D eigenvalue weighted by Gasteiger charge is -2.12. The molecule has 0 radical (unpaired) electrons. The van der Waals surface area contributed by atoms with Crippen molar-refractivity contribution in [2.24, 2.45) is 5.73 Å². The molecule has 0 aliphatic carbocycles. The molecule has 1 aromatic rings. The average molecular weight is 257 g/mol. The smallest absolute Gasteiger partial charge is 0.322 e. The van der Waals surface area contributed by atoms with E-state index in [1.54, 1.807) is 18.2 Å². The Morgan fingerprint density at radius 1 is 1.29 bits per heavy atom. The van der Waals surface area contributed by atoms with Gasteiger partial charge in [0, 0.05) is 0 Å². The summed E-state index contributed by atoms with van der Waals surface area (Å²) in [5.41, 5.74) is 5.27. The molecule has 0 aliphatic rings. The molecule has 0 spiro atoms. The number of hydrogen-bond acceptors (Lipinski definition) is 4. The van der Waals surface area contributed by atoms with Gasteiger partial charge in [-0.1, -0.05) is 18.2 Å². The van der Waals surface area contributed by atoms with Gasteiger partial charge in [-0.15, -0.1) is 0 Å². The summed E-state index contributed by atoms with van der Waals surface area (Å²) < 4.78 is 24.1. The Labute approximate surface area is 100 Å². The van der Waals surface area contributed by atoms with E-state index in [0.29, 0.717) is 6.42 Å². The maximum atomic E-state index is 12.1. The predicted molar refractivity (Wildman–Crippen MR) is 63.3 cm³/mol. The largest absolute Gasteiger partial charge is 0.480 e. The molecule has 0 amide bonds. The van der Waals surface area contributed by atoms with Gasteiger partial charge >= 0.3 is 5.97 Å². The summed E-state index contributed by atoms with van der Waals surface area (Å²) in [5, 5.41) is 7.55. The van der Waals surface area contributed by atoms with Crippen molar-refractivity contribution in [3.63, 3.8) is 0 Å². The van der Waals surface area contributed by atoms with Gasteiger partial charge in [0.1, 0.15) is 0 Å². The van der Waals surface area contributed by atoms with E-state index < -0.39 is 21.1 Å². The number of sulfone groups is 1. The van der Waals surface area contributed by atoms with Crippen molar-refractivity contribution in [2.75, 3.05) is 6.54 Å². The molecule has 0 heterocycles. The Morgan fingerprint density at radius 3 is 2.35 bits per heavy atom. The molecule has 0 fully saturated rings. The molecule has 0 unspecified atom stereocenters. The molecular weight excluding hydrogens is 242 g/mol. The van der Waals surface area contributed by atoms with Crippen molar-refractivity contribution in [2.45, 2.75) is 23.0 Å². The fraction of sp³-hybridized carbons (Fsp3) is 0.364. The normalized spacial score (nSPS) is 13.2. The van der Waals surface area contributed by atoms with Gasteiger partial charge in [-0.3, -0.25) is 4.79 Å². The van der Waals surface area contributed by atoms with Crippen LogP contribution >= 0.6 is 0 Å². The highest BCUT2D eigenvalue weighted by Crippen LogP contribution is 2.19. The standard InChI is InChI=1S/C11H15NO4S/c12-8-4-7-10(11(13)14)17(15,16)9-5-2-1-3-6-9/h1-3,5-6,10H,4,7-8,12H2,(H,13,14)/t10-/m0/s1. The van der Waals surface area contributed by atoms with E-state index in [9.17, 15) is 13.2 Å². The number of nitrogens with two attached hydrogens (primary N) is 1. The molecule has 5 nitrogen and oxygen atoms in total. The molecule has 0 aliphatic heterocycles. The Bertz CT molecular complexity index is 470. The highest BCUT2D eigenvalue weighted by molar-refractivity contribution is 7.92. The summed E-state index contributed by atoms with van der Waals surface area (Å²) in [6, 6.07) is 7.60. The maximum absolute atomic E-state index is 12.1. The molecule has 0 saturated carbocycles. The maximum Gasteiger partial charge on any atom is 0.322 e. The molecule has 1 aromatic carbocycles. The van der Waals surface area contributed by atoms with E-state index >= 15 is 0 Å². The van der Waals surface area contributed by atoms with Crippen LogP contribution in [-0.2, 0) is 14.6 Å². The fourth-order valence-electron chi connectivity index (χ4n) is 1.49. The molecule has 1 rings (SSSR count). The van der Waals surface area contributed by atoms with Gasteiger partial charge in [0.2, 0.25) is 0 Å². The zero-order valence-corrected chi connectivity index (χ0v) is 10.1. The molecule has 94 valence electrons. The van der Waals surface area contributed by atoms with E-state index in [4.69, 9.17) is 10.8 Å². The SMILES string of the molecule is NCCC[C@@H](C(=O)O)S(=O)(=O)c1ccccc1. The van der Waals surface area contributed by atoms with Gasteiger partial charge in [-0.25, -0.2) is 8.42 Å². The van der Waals surface area contributed by atoms with E-state index in [0.717, 1.165) is 0 Å². The summed E-state index contributed by atoms with van der Waals surface area (Å²) in [6.45, 7) is 0.272. The lowest BCUT2D eigenvalue weighted by atomic mass is 10.2. The van der Waals surface area contributed by atoms with Crippen molar-refractivity contribution in [1.29, 1.82) is 0 Å². The van der Waals surface area contributed by atoms with Crippen LogP contribution in [0, 0.1) is 0 Å². The van der Waals surface area contributed by atoms with Gasteiger partial charge in [0.25, 0.3) is 0 Å². The van der Waals surface area contributed by atoms with Crippen molar-refractivity contribution in [3.05, 3.63) is 30.3 Å². The monoisotopic (exact) mass is 257 g/mol. The van der Waals surface area contributed by atoms with Gasteiger partial charge in [0.05, 0.1) is 4.90 Å². The van der Waals surface area contributed by atoms with Crippen LogP contribution in [0.5, 0.6) is 0 Å². The Hall–Kier alpha value is -1.40. The van der Waals surface area contributed by atoms with Crippen LogP contribution in [-0.4, -0.2) is 31.3 Å². The van der Waals surface area contributed by atoms with Crippen LogP contribution in [0.25, 0.3) is 0 Å². The molecule has 17 heavy (non-hydrogen) atoms. The minimum atomic E-state index is -3.83. The number of hydrogen-bond donors (Lipinski definition) is 2. The predicted octanol–water partition coefficient (Wildman–Crippen LogP) is 0.652. The molecule has 6 heteroatoms. The number of aliphatic carboxylic acids is 1. The summed E-state index contributed by atoms with van der Waals surface area (Å²) >= 11 is 0. The summed E-state index contributed by atoms with van der Waals surface area (Å²) in [6.07, 6.45) is 0.395. The zero-order valence-electron chi connectivity index (χ0n) is 9.24. The first-order valence-electron chi connectivity index (χ1n) is 5.22. The second-order valence-electron chi connectivity index (χ2n) is 3.62. The number of rotatable bonds is 6. The Balaban J connectivity index is 3.05. The molecule has 1 atom stereocenters. The first-order valence-corrected chi connectivity index (χ1v) is 6.76.